The third-order valence-corrected chi connectivity index (χ3v) is 8.18. The van der Waals surface area contributed by atoms with Crippen LogP contribution in [0.3, 0.4) is 0 Å². The van der Waals surface area contributed by atoms with Crippen molar-refractivity contribution < 1.29 is 19.2 Å². The molecular weight excluding hydrogens is 535 g/mol. The van der Waals surface area contributed by atoms with Crippen molar-refractivity contribution >= 4 is 34.9 Å². The summed E-state index contributed by atoms with van der Waals surface area (Å²) in [6.07, 6.45) is 4.15. The molecule has 0 spiro atoms. The van der Waals surface area contributed by atoms with E-state index in [-0.39, 0.29) is 11.7 Å². The smallest absolute Gasteiger partial charge is 0.335 e. The van der Waals surface area contributed by atoms with Crippen LogP contribution in [-0.4, -0.2) is 35.4 Å². The fraction of sp³-hybridized carbons (Fsp3) is 0.290. The molecule has 6 rings (SSSR count). The molecule has 39 heavy (non-hydrogen) atoms. The number of halogens is 2. The standard InChI is InChI=1S/C31H28Cl2N2O4/c32-26-5-2-6-27(33)28(26)29-25(30(39-34-29)20-7-8-20)18-38-24-13-15-35(16-14-24)23-11-9-19(10-12-23)21-3-1-4-22(17-21)31(36)37/h1-6,9-12,17,20,24H,7-8,13-16,18H2,(H,36,37). The molecule has 0 atom stereocenters. The van der Waals surface area contributed by atoms with Crippen LogP contribution in [0, 0.1) is 0 Å². The van der Waals surface area contributed by atoms with E-state index in [4.69, 9.17) is 32.5 Å². The summed E-state index contributed by atoms with van der Waals surface area (Å²) < 4.78 is 12.2. The molecule has 3 aromatic carbocycles. The third kappa shape index (κ3) is 5.55. The molecule has 0 amide bonds. The van der Waals surface area contributed by atoms with Gasteiger partial charge in [-0.3, -0.25) is 0 Å². The Morgan fingerprint density at radius 2 is 1.64 bits per heavy atom. The molecule has 0 unspecified atom stereocenters. The predicted molar refractivity (Wildman–Crippen MR) is 153 cm³/mol. The molecule has 2 aliphatic rings. The van der Waals surface area contributed by atoms with E-state index < -0.39 is 5.97 Å². The van der Waals surface area contributed by atoms with Gasteiger partial charge < -0.3 is 19.3 Å². The van der Waals surface area contributed by atoms with E-state index in [1.807, 2.05) is 36.4 Å². The van der Waals surface area contributed by atoms with Gasteiger partial charge in [0.2, 0.25) is 0 Å². The first kappa shape index (κ1) is 25.9. The van der Waals surface area contributed by atoms with Gasteiger partial charge in [0, 0.05) is 35.8 Å². The number of benzene rings is 3. The summed E-state index contributed by atoms with van der Waals surface area (Å²) in [6.45, 7) is 2.20. The maximum Gasteiger partial charge on any atom is 0.335 e. The molecule has 1 saturated heterocycles. The normalized spacial score (nSPS) is 16.0. The third-order valence-electron chi connectivity index (χ3n) is 7.55. The topological polar surface area (TPSA) is 75.8 Å². The molecule has 1 aromatic heterocycles. The van der Waals surface area contributed by atoms with Crippen LogP contribution in [0.2, 0.25) is 10.0 Å². The lowest BCUT2D eigenvalue weighted by Gasteiger charge is -2.33. The summed E-state index contributed by atoms with van der Waals surface area (Å²) in [7, 11) is 0. The van der Waals surface area contributed by atoms with E-state index in [2.05, 4.69) is 22.2 Å². The summed E-state index contributed by atoms with van der Waals surface area (Å²) in [6, 6.07) is 20.8. The fourth-order valence-electron chi connectivity index (χ4n) is 5.23. The lowest BCUT2D eigenvalue weighted by molar-refractivity contribution is 0.0246. The number of carboxylic acids is 1. The van der Waals surface area contributed by atoms with Crippen LogP contribution >= 0.6 is 23.2 Å². The second kappa shape index (κ2) is 11.0. The number of ether oxygens (including phenoxy) is 1. The van der Waals surface area contributed by atoms with Crippen LogP contribution in [0.5, 0.6) is 0 Å². The van der Waals surface area contributed by atoms with Gasteiger partial charge in [-0.1, -0.05) is 58.7 Å². The van der Waals surface area contributed by atoms with Gasteiger partial charge in [-0.25, -0.2) is 4.79 Å². The Bertz CT molecular complexity index is 1470. The molecule has 200 valence electrons. The van der Waals surface area contributed by atoms with Crippen molar-refractivity contribution in [3.63, 3.8) is 0 Å². The predicted octanol–water partition coefficient (Wildman–Crippen LogP) is 8.08. The van der Waals surface area contributed by atoms with Crippen LogP contribution in [0.1, 0.15) is 53.3 Å². The monoisotopic (exact) mass is 562 g/mol. The molecule has 0 radical (unpaired) electrons. The minimum atomic E-state index is -0.921. The van der Waals surface area contributed by atoms with E-state index in [1.54, 1.807) is 18.2 Å². The van der Waals surface area contributed by atoms with Crippen molar-refractivity contribution in [3.05, 3.63) is 93.7 Å². The average Bonchev–Trinajstić information content (AvgIpc) is 3.72. The fourth-order valence-corrected chi connectivity index (χ4v) is 5.80. The van der Waals surface area contributed by atoms with Crippen molar-refractivity contribution in [3.8, 4) is 22.4 Å². The molecule has 1 saturated carbocycles. The summed E-state index contributed by atoms with van der Waals surface area (Å²) in [5.41, 5.74) is 5.66. The van der Waals surface area contributed by atoms with Crippen LogP contribution < -0.4 is 4.90 Å². The van der Waals surface area contributed by atoms with Gasteiger partial charge in [-0.15, -0.1) is 0 Å². The number of aromatic carboxylic acids is 1. The van der Waals surface area contributed by atoms with Gasteiger partial charge >= 0.3 is 5.97 Å². The molecular formula is C31H28Cl2N2O4. The molecule has 2 heterocycles. The van der Waals surface area contributed by atoms with Gasteiger partial charge in [-0.2, -0.15) is 0 Å². The largest absolute Gasteiger partial charge is 0.478 e. The van der Waals surface area contributed by atoms with E-state index >= 15 is 0 Å². The van der Waals surface area contributed by atoms with Crippen molar-refractivity contribution in [2.45, 2.75) is 44.3 Å². The molecule has 1 N–H and O–H groups in total. The van der Waals surface area contributed by atoms with Crippen molar-refractivity contribution in [1.29, 1.82) is 0 Å². The molecule has 6 nitrogen and oxygen atoms in total. The molecule has 1 aliphatic carbocycles. The zero-order chi connectivity index (χ0) is 26.9. The number of hydrogen-bond acceptors (Lipinski definition) is 5. The zero-order valence-corrected chi connectivity index (χ0v) is 22.8. The Morgan fingerprint density at radius 1 is 0.949 bits per heavy atom. The highest BCUT2D eigenvalue weighted by molar-refractivity contribution is 6.39. The van der Waals surface area contributed by atoms with Crippen LogP contribution in [0.25, 0.3) is 22.4 Å². The number of aromatic nitrogens is 1. The molecule has 4 aromatic rings. The summed E-state index contributed by atoms with van der Waals surface area (Å²) >= 11 is 13.0. The molecule has 8 heteroatoms. The number of anilines is 1. The van der Waals surface area contributed by atoms with Crippen LogP contribution in [-0.2, 0) is 11.3 Å². The lowest BCUT2D eigenvalue weighted by atomic mass is 10.0. The van der Waals surface area contributed by atoms with E-state index in [1.165, 1.54) is 0 Å². The van der Waals surface area contributed by atoms with Gasteiger partial charge in [-0.05, 0) is 73.2 Å². The van der Waals surface area contributed by atoms with Crippen molar-refractivity contribution in [2.24, 2.45) is 0 Å². The Hall–Kier alpha value is -3.32. The minimum absolute atomic E-state index is 0.135. The number of carboxylic acid groups (broad SMARTS) is 1. The number of hydrogen-bond donors (Lipinski definition) is 1. The van der Waals surface area contributed by atoms with Gasteiger partial charge in [0.1, 0.15) is 11.5 Å². The maximum absolute atomic E-state index is 11.3. The quantitative estimate of drug-likeness (QED) is 0.234. The Morgan fingerprint density at radius 3 is 2.31 bits per heavy atom. The SMILES string of the molecule is O=C(O)c1cccc(-c2ccc(N3CCC(OCc4c(-c5c(Cl)cccc5Cl)noc4C4CC4)CC3)cc2)c1. The highest BCUT2D eigenvalue weighted by Crippen LogP contribution is 2.46. The summed E-state index contributed by atoms with van der Waals surface area (Å²) in [5, 5.41) is 14.7. The van der Waals surface area contributed by atoms with Gasteiger partial charge in [0.25, 0.3) is 0 Å². The minimum Gasteiger partial charge on any atom is -0.478 e. The number of piperidine rings is 1. The van der Waals surface area contributed by atoms with Crippen molar-refractivity contribution in [2.75, 3.05) is 18.0 Å². The molecule has 0 bridgehead atoms. The highest BCUT2D eigenvalue weighted by atomic mass is 35.5. The first-order valence-electron chi connectivity index (χ1n) is 13.2. The zero-order valence-electron chi connectivity index (χ0n) is 21.3. The van der Waals surface area contributed by atoms with Gasteiger partial charge in [0.15, 0.2) is 0 Å². The summed E-state index contributed by atoms with van der Waals surface area (Å²) in [5.74, 6) is 0.366. The van der Waals surface area contributed by atoms with Crippen molar-refractivity contribution in [1.82, 2.24) is 5.16 Å². The second-order valence-corrected chi connectivity index (χ2v) is 11.0. The number of carbonyl (C=O) groups is 1. The average molecular weight is 563 g/mol. The van der Waals surface area contributed by atoms with Crippen LogP contribution in [0.15, 0.2) is 71.3 Å². The number of rotatable bonds is 8. The Kier molecular flexibility index (Phi) is 7.34. The molecule has 1 aliphatic heterocycles. The first-order chi connectivity index (χ1) is 19.0. The molecule has 2 fully saturated rings. The van der Waals surface area contributed by atoms with Gasteiger partial charge in [0.05, 0.1) is 28.3 Å². The second-order valence-electron chi connectivity index (χ2n) is 10.2. The Balaban J connectivity index is 1.10. The Labute approximate surface area is 237 Å². The summed E-state index contributed by atoms with van der Waals surface area (Å²) in [4.78, 5) is 13.7. The van der Waals surface area contributed by atoms with E-state index in [9.17, 15) is 9.90 Å². The first-order valence-corrected chi connectivity index (χ1v) is 14.0. The number of nitrogens with zero attached hydrogens (tertiary/aromatic N) is 2. The van der Waals surface area contributed by atoms with E-state index in [0.29, 0.717) is 33.8 Å². The van der Waals surface area contributed by atoms with E-state index in [0.717, 1.165) is 66.9 Å². The maximum atomic E-state index is 11.3. The van der Waals surface area contributed by atoms with Crippen LogP contribution in [0.4, 0.5) is 5.69 Å². The lowest BCUT2D eigenvalue weighted by Crippen LogP contribution is -2.37. The highest BCUT2D eigenvalue weighted by Gasteiger charge is 2.34.